The predicted molar refractivity (Wildman–Crippen MR) is 72.5 cm³/mol. The van der Waals surface area contributed by atoms with E-state index in [0.717, 1.165) is 24.2 Å². The quantitative estimate of drug-likeness (QED) is 0.793. The predicted octanol–water partition coefficient (Wildman–Crippen LogP) is 4.08. The molecule has 92 valence electrons. The van der Waals surface area contributed by atoms with Crippen molar-refractivity contribution in [1.82, 2.24) is 0 Å². The van der Waals surface area contributed by atoms with E-state index in [2.05, 4.69) is 30.4 Å². The van der Waals surface area contributed by atoms with Gasteiger partial charge in [-0.2, -0.15) is 0 Å². The molecule has 2 aromatic rings. The van der Waals surface area contributed by atoms with Crippen LogP contribution in [0.15, 0.2) is 42.5 Å². The highest BCUT2D eigenvalue weighted by atomic mass is 19.1. The molecule has 1 atom stereocenters. The molecule has 1 aliphatic rings. The van der Waals surface area contributed by atoms with Gasteiger partial charge < -0.3 is 5.32 Å². The normalized spacial score (nSPS) is 18.0. The Morgan fingerprint density at radius 2 is 1.94 bits per heavy atom. The molecule has 1 aliphatic heterocycles. The van der Waals surface area contributed by atoms with Gasteiger partial charge in [0.05, 0.1) is 0 Å². The minimum absolute atomic E-state index is 0.101. The van der Waals surface area contributed by atoms with E-state index in [1.54, 1.807) is 12.1 Å². The molecule has 0 aliphatic carbocycles. The SMILES string of the molecule is Cc1ccc2c(c1)NCCC2c1ccccc1F. The molecule has 2 heteroatoms. The molecule has 1 unspecified atom stereocenters. The summed E-state index contributed by atoms with van der Waals surface area (Å²) in [6.07, 6.45) is 0.941. The lowest BCUT2D eigenvalue weighted by Crippen LogP contribution is -2.18. The molecule has 1 N–H and O–H groups in total. The topological polar surface area (TPSA) is 12.0 Å². The van der Waals surface area contributed by atoms with Crippen molar-refractivity contribution in [2.45, 2.75) is 19.3 Å². The number of fused-ring (bicyclic) bond motifs is 1. The van der Waals surface area contributed by atoms with Gasteiger partial charge in [0.2, 0.25) is 0 Å². The maximum absolute atomic E-state index is 13.9. The van der Waals surface area contributed by atoms with Crippen molar-refractivity contribution in [2.24, 2.45) is 0 Å². The molecule has 1 heterocycles. The molecule has 2 aromatic carbocycles. The zero-order valence-electron chi connectivity index (χ0n) is 10.4. The highest BCUT2D eigenvalue weighted by molar-refractivity contribution is 5.58. The Hall–Kier alpha value is -1.83. The summed E-state index contributed by atoms with van der Waals surface area (Å²) < 4.78 is 13.9. The largest absolute Gasteiger partial charge is 0.385 e. The van der Waals surface area contributed by atoms with Crippen LogP contribution in [0, 0.1) is 12.7 Å². The molecule has 0 aromatic heterocycles. The fourth-order valence-electron chi connectivity index (χ4n) is 2.71. The van der Waals surface area contributed by atoms with Crippen LogP contribution in [-0.4, -0.2) is 6.54 Å². The van der Waals surface area contributed by atoms with Crippen molar-refractivity contribution in [3.8, 4) is 0 Å². The Labute approximate surface area is 107 Å². The smallest absolute Gasteiger partial charge is 0.127 e. The minimum Gasteiger partial charge on any atom is -0.385 e. The number of halogens is 1. The number of nitrogens with one attached hydrogen (secondary N) is 1. The minimum atomic E-state index is -0.101. The number of hydrogen-bond donors (Lipinski definition) is 1. The average molecular weight is 241 g/mol. The second-order valence-electron chi connectivity index (χ2n) is 4.88. The Balaban J connectivity index is 2.09. The Morgan fingerprint density at radius 1 is 1.11 bits per heavy atom. The van der Waals surface area contributed by atoms with Crippen molar-refractivity contribution in [3.05, 3.63) is 65.0 Å². The van der Waals surface area contributed by atoms with Crippen LogP contribution in [0.1, 0.15) is 29.0 Å². The number of anilines is 1. The van der Waals surface area contributed by atoms with Crippen molar-refractivity contribution in [2.75, 3.05) is 11.9 Å². The van der Waals surface area contributed by atoms with Gasteiger partial charge in [0.15, 0.2) is 0 Å². The fraction of sp³-hybridized carbons (Fsp3) is 0.250. The van der Waals surface area contributed by atoms with Gasteiger partial charge in [-0.25, -0.2) is 4.39 Å². The number of rotatable bonds is 1. The number of aryl methyl sites for hydroxylation is 1. The second kappa shape index (κ2) is 4.45. The van der Waals surface area contributed by atoms with Crippen LogP contribution in [0.2, 0.25) is 0 Å². The zero-order chi connectivity index (χ0) is 12.5. The lowest BCUT2D eigenvalue weighted by molar-refractivity contribution is 0.586. The van der Waals surface area contributed by atoms with Gasteiger partial charge >= 0.3 is 0 Å². The summed E-state index contributed by atoms with van der Waals surface area (Å²) in [6.45, 7) is 2.98. The summed E-state index contributed by atoms with van der Waals surface area (Å²) in [7, 11) is 0. The third-order valence-electron chi connectivity index (χ3n) is 3.61. The van der Waals surface area contributed by atoms with E-state index in [1.165, 1.54) is 11.1 Å². The summed E-state index contributed by atoms with van der Waals surface area (Å²) >= 11 is 0. The summed E-state index contributed by atoms with van der Waals surface area (Å²) in [5, 5.41) is 3.40. The van der Waals surface area contributed by atoms with Crippen molar-refractivity contribution < 1.29 is 4.39 Å². The molecule has 3 rings (SSSR count). The highest BCUT2D eigenvalue weighted by Gasteiger charge is 2.23. The standard InChI is InChI=1S/C16H16FN/c1-11-6-7-14-12(8-9-18-16(14)10-11)13-4-2-3-5-15(13)17/h2-7,10,12,18H,8-9H2,1H3. The van der Waals surface area contributed by atoms with Crippen LogP contribution in [0.4, 0.5) is 10.1 Å². The molecular weight excluding hydrogens is 225 g/mol. The van der Waals surface area contributed by atoms with E-state index in [0.29, 0.717) is 0 Å². The van der Waals surface area contributed by atoms with Crippen molar-refractivity contribution in [3.63, 3.8) is 0 Å². The van der Waals surface area contributed by atoms with Gasteiger partial charge in [-0.05, 0) is 42.2 Å². The fourth-order valence-corrected chi connectivity index (χ4v) is 2.71. The third-order valence-corrected chi connectivity index (χ3v) is 3.61. The Morgan fingerprint density at radius 3 is 2.78 bits per heavy atom. The van der Waals surface area contributed by atoms with E-state index in [-0.39, 0.29) is 11.7 Å². The molecular formula is C16H16FN. The lowest BCUT2D eigenvalue weighted by atomic mass is 9.84. The first-order valence-corrected chi connectivity index (χ1v) is 6.34. The van der Waals surface area contributed by atoms with Gasteiger partial charge in [0.1, 0.15) is 5.82 Å². The van der Waals surface area contributed by atoms with E-state index in [9.17, 15) is 4.39 Å². The van der Waals surface area contributed by atoms with E-state index in [4.69, 9.17) is 0 Å². The van der Waals surface area contributed by atoms with Crippen molar-refractivity contribution in [1.29, 1.82) is 0 Å². The summed E-state index contributed by atoms with van der Waals surface area (Å²) in [4.78, 5) is 0. The summed E-state index contributed by atoms with van der Waals surface area (Å²) in [5.74, 6) is 0.0685. The van der Waals surface area contributed by atoms with Crippen LogP contribution in [0.5, 0.6) is 0 Å². The summed E-state index contributed by atoms with van der Waals surface area (Å²) in [5.41, 5.74) is 4.39. The number of benzene rings is 2. The van der Waals surface area contributed by atoms with Gasteiger partial charge in [-0.1, -0.05) is 30.3 Å². The average Bonchev–Trinajstić information content (AvgIpc) is 2.38. The van der Waals surface area contributed by atoms with Crippen LogP contribution in [-0.2, 0) is 0 Å². The molecule has 0 saturated carbocycles. The van der Waals surface area contributed by atoms with Crippen LogP contribution < -0.4 is 5.32 Å². The monoisotopic (exact) mass is 241 g/mol. The molecule has 18 heavy (non-hydrogen) atoms. The number of hydrogen-bond acceptors (Lipinski definition) is 1. The molecule has 0 bridgehead atoms. The van der Waals surface area contributed by atoms with Crippen molar-refractivity contribution >= 4 is 5.69 Å². The first kappa shape index (κ1) is 11.3. The molecule has 0 spiro atoms. The first-order chi connectivity index (χ1) is 8.75. The molecule has 0 amide bonds. The second-order valence-corrected chi connectivity index (χ2v) is 4.88. The molecule has 0 saturated heterocycles. The highest BCUT2D eigenvalue weighted by Crippen LogP contribution is 2.37. The van der Waals surface area contributed by atoms with Gasteiger partial charge in [-0.15, -0.1) is 0 Å². The maximum Gasteiger partial charge on any atom is 0.127 e. The molecule has 0 radical (unpaired) electrons. The zero-order valence-corrected chi connectivity index (χ0v) is 10.4. The van der Waals surface area contributed by atoms with Crippen LogP contribution in [0.3, 0.4) is 0 Å². The maximum atomic E-state index is 13.9. The van der Waals surface area contributed by atoms with Gasteiger partial charge in [0, 0.05) is 18.2 Å². The van der Waals surface area contributed by atoms with Gasteiger partial charge in [-0.3, -0.25) is 0 Å². The van der Waals surface area contributed by atoms with E-state index in [1.807, 2.05) is 12.1 Å². The Bertz CT molecular complexity index is 577. The molecule has 0 fully saturated rings. The Kier molecular flexibility index (Phi) is 2.78. The van der Waals surface area contributed by atoms with Crippen LogP contribution >= 0.6 is 0 Å². The van der Waals surface area contributed by atoms with E-state index < -0.39 is 0 Å². The van der Waals surface area contributed by atoms with E-state index >= 15 is 0 Å². The molecule has 1 nitrogen and oxygen atoms in total. The van der Waals surface area contributed by atoms with Gasteiger partial charge in [0.25, 0.3) is 0 Å². The third kappa shape index (κ3) is 1.88. The first-order valence-electron chi connectivity index (χ1n) is 6.34. The van der Waals surface area contributed by atoms with Crippen LogP contribution in [0.25, 0.3) is 0 Å². The lowest BCUT2D eigenvalue weighted by Gasteiger charge is -2.27. The summed E-state index contributed by atoms with van der Waals surface area (Å²) in [6, 6.07) is 13.5.